The molecule has 132 valence electrons. The largest absolute Gasteiger partial charge is 0.396 e. The van der Waals surface area contributed by atoms with Gasteiger partial charge in [-0.25, -0.2) is 15.0 Å². The summed E-state index contributed by atoms with van der Waals surface area (Å²) in [5, 5.41) is 14.5. The van der Waals surface area contributed by atoms with E-state index in [1.807, 2.05) is 34.9 Å². The van der Waals surface area contributed by atoms with Gasteiger partial charge < -0.3 is 14.5 Å². The van der Waals surface area contributed by atoms with Gasteiger partial charge >= 0.3 is 0 Å². The number of hydrogen-bond acceptors (Lipinski definition) is 6. The summed E-state index contributed by atoms with van der Waals surface area (Å²) in [7, 11) is 0. The molecule has 5 rings (SSSR count). The van der Waals surface area contributed by atoms with Crippen LogP contribution in [0, 0.1) is 11.8 Å². The third-order valence-corrected chi connectivity index (χ3v) is 5.62. The zero-order chi connectivity index (χ0) is 17.7. The van der Waals surface area contributed by atoms with Crippen molar-refractivity contribution >= 4 is 28.5 Å². The van der Waals surface area contributed by atoms with E-state index >= 15 is 0 Å². The van der Waals surface area contributed by atoms with Crippen molar-refractivity contribution in [1.82, 2.24) is 19.5 Å². The Balaban J connectivity index is 1.61. The maximum absolute atomic E-state index is 9.84. The second-order valence-electron chi connectivity index (χ2n) is 6.67. The van der Waals surface area contributed by atoms with Crippen LogP contribution in [0.4, 0.5) is 0 Å². The molecule has 2 aromatic heterocycles. The highest BCUT2D eigenvalue weighted by Crippen LogP contribution is 2.47. The minimum absolute atomic E-state index is 0.00437. The number of benzene rings is 1. The number of fused-ring (bicyclic) bond motifs is 2. The number of aliphatic hydroxyl groups excluding tert-OH is 1. The SMILES string of the molecule is OC[C@@H]1C[C@@H](n2cnc3c(Cl)ncnc32)[C@@H]2C(c3ccccc3)=NO[C@H]12. The predicted octanol–water partition coefficient (Wildman–Crippen LogP) is 2.45. The Kier molecular flexibility index (Phi) is 3.65. The highest BCUT2D eigenvalue weighted by molar-refractivity contribution is 6.33. The van der Waals surface area contributed by atoms with Crippen LogP contribution in [0.5, 0.6) is 0 Å². The molecule has 1 fully saturated rings. The fourth-order valence-electron chi connectivity index (χ4n) is 4.16. The van der Waals surface area contributed by atoms with Crippen molar-refractivity contribution in [3.63, 3.8) is 0 Å². The van der Waals surface area contributed by atoms with Crippen molar-refractivity contribution in [3.05, 3.63) is 53.7 Å². The minimum atomic E-state index is -0.157. The lowest BCUT2D eigenvalue weighted by Crippen LogP contribution is -2.28. The van der Waals surface area contributed by atoms with Crippen molar-refractivity contribution in [2.24, 2.45) is 17.0 Å². The summed E-state index contributed by atoms with van der Waals surface area (Å²) in [6.45, 7) is 0.0532. The van der Waals surface area contributed by atoms with Crippen LogP contribution in [0.2, 0.25) is 5.15 Å². The van der Waals surface area contributed by atoms with Gasteiger partial charge in [0, 0.05) is 18.6 Å². The topological polar surface area (TPSA) is 85.4 Å². The van der Waals surface area contributed by atoms with Gasteiger partial charge in [0.05, 0.1) is 18.0 Å². The molecule has 26 heavy (non-hydrogen) atoms. The molecule has 1 aromatic carbocycles. The molecule has 1 saturated carbocycles. The van der Waals surface area contributed by atoms with Crippen molar-refractivity contribution in [2.75, 3.05) is 6.61 Å². The molecule has 3 aromatic rings. The molecule has 0 unspecified atom stereocenters. The van der Waals surface area contributed by atoms with E-state index in [-0.39, 0.29) is 30.6 Å². The number of oxime groups is 1. The highest BCUT2D eigenvalue weighted by atomic mass is 35.5. The van der Waals surface area contributed by atoms with Gasteiger partial charge in [0.25, 0.3) is 0 Å². The molecule has 7 nitrogen and oxygen atoms in total. The number of aromatic nitrogens is 4. The van der Waals surface area contributed by atoms with Crippen molar-refractivity contribution in [1.29, 1.82) is 0 Å². The zero-order valence-corrected chi connectivity index (χ0v) is 14.5. The van der Waals surface area contributed by atoms with Gasteiger partial charge in [-0.1, -0.05) is 47.1 Å². The summed E-state index contributed by atoms with van der Waals surface area (Å²) in [4.78, 5) is 18.5. The lowest BCUT2D eigenvalue weighted by molar-refractivity contribution is 0.0206. The summed E-state index contributed by atoms with van der Waals surface area (Å²) in [6, 6.07) is 10.0. The molecule has 1 aliphatic carbocycles. The van der Waals surface area contributed by atoms with Crippen LogP contribution in [-0.4, -0.2) is 43.0 Å². The van der Waals surface area contributed by atoms with Gasteiger partial charge in [-0.15, -0.1) is 0 Å². The van der Waals surface area contributed by atoms with Crippen molar-refractivity contribution in [2.45, 2.75) is 18.6 Å². The second-order valence-corrected chi connectivity index (χ2v) is 7.03. The van der Waals surface area contributed by atoms with Crippen LogP contribution in [0.3, 0.4) is 0 Å². The number of halogens is 1. The van der Waals surface area contributed by atoms with E-state index in [0.717, 1.165) is 17.7 Å². The van der Waals surface area contributed by atoms with Crippen LogP contribution >= 0.6 is 11.6 Å². The zero-order valence-electron chi connectivity index (χ0n) is 13.7. The second kappa shape index (κ2) is 6.03. The molecule has 1 N–H and O–H groups in total. The maximum Gasteiger partial charge on any atom is 0.165 e. The highest BCUT2D eigenvalue weighted by Gasteiger charge is 2.52. The van der Waals surface area contributed by atoms with Gasteiger partial charge in [-0.3, -0.25) is 0 Å². The molecule has 0 bridgehead atoms. The van der Waals surface area contributed by atoms with Crippen LogP contribution in [-0.2, 0) is 4.84 Å². The molecule has 4 atom stereocenters. The summed E-state index contributed by atoms with van der Waals surface area (Å²) in [6.07, 6.45) is 3.78. The van der Waals surface area contributed by atoms with Crippen molar-refractivity contribution in [3.8, 4) is 0 Å². The van der Waals surface area contributed by atoms with E-state index in [1.54, 1.807) is 6.33 Å². The average Bonchev–Trinajstić information content (AvgIpc) is 3.36. The Bertz CT molecular complexity index is 990. The van der Waals surface area contributed by atoms with Gasteiger partial charge in [0.2, 0.25) is 0 Å². The summed E-state index contributed by atoms with van der Waals surface area (Å²) < 4.78 is 2.02. The number of nitrogens with zero attached hydrogens (tertiary/aromatic N) is 5. The summed E-state index contributed by atoms with van der Waals surface area (Å²) in [5.41, 5.74) is 3.20. The monoisotopic (exact) mass is 369 g/mol. The Hall–Kier alpha value is -2.51. The lowest BCUT2D eigenvalue weighted by atomic mass is 9.90. The van der Waals surface area contributed by atoms with E-state index in [0.29, 0.717) is 16.3 Å². The predicted molar refractivity (Wildman–Crippen MR) is 95.9 cm³/mol. The van der Waals surface area contributed by atoms with E-state index in [2.05, 4.69) is 20.1 Å². The van der Waals surface area contributed by atoms with Gasteiger partial charge in [-0.05, 0) is 12.0 Å². The Morgan fingerprint density at radius 3 is 2.85 bits per heavy atom. The number of rotatable bonds is 3. The van der Waals surface area contributed by atoms with E-state index < -0.39 is 0 Å². The van der Waals surface area contributed by atoms with Crippen LogP contribution in [0.25, 0.3) is 11.2 Å². The summed E-state index contributed by atoms with van der Waals surface area (Å²) >= 11 is 6.15. The Labute approximate surface area is 154 Å². The van der Waals surface area contributed by atoms with Crippen LogP contribution in [0.1, 0.15) is 18.0 Å². The molecule has 3 heterocycles. The van der Waals surface area contributed by atoms with Gasteiger partial charge in [0.15, 0.2) is 10.8 Å². The molecule has 0 radical (unpaired) electrons. The first-order valence-electron chi connectivity index (χ1n) is 8.51. The lowest BCUT2D eigenvalue weighted by Gasteiger charge is -2.20. The van der Waals surface area contributed by atoms with Crippen molar-refractivity contribution < 1.29 is 9.94 Å². The number of aliphatic hydroxyl groups is 1. The fraction of sp³-hybridized carbons (Fsp3) is 0.333. The molecule has 0 spiro atoms. The Morgan fingerprint density at radius 1 is 1.19 bits per heavy atom. The first-order chi connectivity index (χ1) is 12.8. The maximum atomic E-state index is 9.84. The molecular formula is C18H16ClN5O2. The first kappa shape index (κ1) is 15.7. The van der Waals surface area contributed by atoms with Gasteiger partial charge in [-0.2, -0.15) is 0 Å². The smallest absolute Gasteiger partial charge is 0.165 e. The molecule has 1 aliphatic heterocycles. The molecule has 8 heteroatoms. The molecule has 2 aliphatic rings. The first-order valence-corrected chi connectivity index (χ1v) is 8.88. The van der Waals surface area contributed by atoms with Gasteiger partial charge in [0.1, 0.15) is 17.9 Å². The van der Waals surface area contributed by atoms with Crippen LogP contribution < -0.4 is 0 Å². The molecule has 0 amide bonds. The third-order valence-electron chi connectivity index (χ3n) is 5.34. The Morgan fingerprint density at radius 2 is 2.04 bits per heavy atom. The van der Waals surface area contributed by atoms with E-state index in [9.17, 15) is 5.11 Å². The normalized spacial score (nSPS) is 27.4. The third kappa shape index (κ3) is 2.24. The average molecular weight is 370 g/mol. The number of imidazole rings is 1. The number of hydrogen-bond donors (Lipinski definition) is 1. The molecule has 0 saturated heterocycles. The minimum Gasteiger partial charge on any atom is -0.396 e. The molecular weight excluding hydrogens is 354 g/mol. The fourth-order valence-corrected chi connectivity index (χ4v) is 4.33. The standard InChI is InChI=1S/C18H16ClN5O2/c19-17-15-18(21-8-20-17)24(9-22-15)12-6-11(7-25)16-13(12)14(23-26-16)10-4-2-1-3-5-10/h1-5,8-9,11-13,16,25H,6-7H2/t11-,12+,13+,16+/m0/s1. The quantitative estimate of drug-likeness (QED) is 0.717. The summed E-state index contributed by atoms with van der Waals surface area (Å²) in [5.74, 6) is 0.0189. The van der Waals surface area contributed by atoms with E-state index in [4.69, 9.17) is 16.4 Å². The van der Waals surface area contributed by atoms with E-state index in [1.165, 1.54) is 6.33 Å². The van der Waals surface area contributed by atoms with Crippen LogP contribution in [0.15, 0.2) is 48.1 Å².